The van der Waals surface area contributed by atoms with Crippen molar-refractivity contribution < 1.29 is 22.7 Å². The van der Waals surface area contributed by atoms with Gasteiger partial charge in [-0.2, -0.15) is 18.6 Å². The van der Waals surface area contributed by atoms with Gasteiger partial charge >= 0.3 is 6.18 Å². The number of alkyl halides is 3. The third kappa shape index (κ3) is 6.51. The summed E-state index contributed by atoms with van der Waals surface area (Å²) in [5.74, 6) is 1.26. The summed E-state index contributed by atoms with van der Waals surface area (Å²) < 4.78 is 48.4. The van der Waals surface area contributed by atoms with E-state index in [0.717, 1.165) is 37.8 Å². The maximum atomic E-state index is 13.4. The number of carbonyl (C=O) groups excluding carboxylic acids is 1. The lowest BCUT2D eigenvalue weighted by Gasteiger charge is -2.34. The van der Waals surface area contributed by atoms with Crippen molar-refractivity contribution in [1.82, 2.24) is 15.1 Å². The first-order valence-corrected chi connectivity index (χ1v) is 14.8. The molecule has 5 rings (SSSR count). The zero-order chi connectivity index (χ0) is 29.4. The van der Waals surface area contributed by atoms with Crippen LogP contribution in [0.4, 0.5) is 24.8 Å². The van der Waals surface area contributed by atoms with Crippen molar-refractivity contribution in [3.63, 3.8) is 0 Å². The molecule has 2 bridgehead atoms. The Labute approximate surface area is 242 Å². The first-order chi connectivity index (χ1) is 19.4. The molecule has 0 spiro atoms. The molecule has 1 amide bonds. The van der Waals surface area contributed by atoms with Crippen LogP contribution < -0.4 is 25.8 Å². The largest absolute Gasteiger partial charge is 0.401 e. The Morgan fingerprint density at radius 2 is 2.07 bits per heavy atom. The van der Waals surface area contributed by atoms with Gasteiger partial charge in [0.25, 0.3) is 5.91 Å². The summed E-state index contributed by atoms with van der Waals surface area (Å²) in [6, 6.07) is 3.49. The van der Waals surface area contributed by atoms with E-state index in [0.29, 0.717) is 40.3 Å². The van der Waals surface area contributed by atoms with Crippen molar-refractivity contribution in [3.8, 4) is 0 Å². The number of pyridine rings is 1. The number of aliphatic imine (C=N–C) groups is 1. The van der Waals surface area contributed by atoms with E-state index in [-0.39, 0.29) is 37.3 Å². The molecule has 9 nitrogen and oxygen atoms in total. The third-order valence-corrected chi connectivity index (χ3v) is 9.26. The number of carbonyl (C=O) groups is 1. The first kappa shape index (κ1) is 29.7. The van der Waals surface area contributed by atoms with Gasteiger partial charge in [0.1, 0.15) is 17.9 Å². The van der Waals surface area contributed by atoms with Crippen molar-refractivity contribution in [3.05, 3.63) is 40.6 Å². The van der Waals surface area contributed by atoms with Gasteiger partial charge in [-0.05, 0) is 95.4 Å². The van der Waals surface area contributed by atoms with Crippen LogP contribution in [0.25, 0.3) is 0 Å². The van der Waals surface area contributed by atoms with E-state index < -0.39 is 17.8 Å². The van der Waals surface area contributed by atoms with E-state index in [1.165, 1.54) is 0 Å². The van der Waals surface area contributed by atoms with E-state index in [1.54, 1.807) is 42.6 Å². The number of allylic oxidation sites excluding steroid dienone is 2. The van der Waals surface area contributed by atoms with Gasteiger partial charge in [0.15, 0.2) is 0 Å². The molecule has 2 unspecified atom stereocenters. The lowest BCUT2D eigenvalue weighted by molar-refractivity contribution is -0.192. The van der Waals surface area contributed by atoms with Gasteiger partial charge in [0, 0.05) is 43.3 Å². The normalized spacial score (nSPS) is 26.9. The van der Waals surface area contributed by atoms with Crippen LogP contribution in [0, 0.1) is 11.3 Å². The van der Waals surface area contributed by atoms with Crippen LogP contribution in [0.15, 0.2) is 40.0 Å². The second-order valence-electron chi connectivity index (χ2n) is 12.0. The summed E-state index contributed by atoms with van der Waals surface area (Å²) in [5.41, 5.74) is 8.35. The summed E-state index contributed by atoms with van der Waals surface area (Å²) in [7, 11) is 0. The molecular formula is C28H38F3N7O2S. The van der Waals surface area contributed by atoms with Crippen LogP contribution in [0.2, 0.25) is 0 Å². The fourth-order valence-corrected chi connectivity index (χ4v) is 6.32. The molecule has 0 radical (unpaired) electrons. The van der Waals surface area contributed by atoms with Crippen molar-refractivity contribution in [2.45, 2.75) is 77.2 Å². The minimum atomic E-state index is -4.19. The van der Waals surface area contributed by atoms with Gasteiger partial charge in [-0.25, -0.2) is 4.98 Å². The van der Waals surface area contributed by atoms with Crippen molar-refractivity contribution >= 4 is 35.7 Å². The number of nitrogens with two attached hydrogens (primary N) is 1. The molecule has 1 aromatic heterocycles. The molecule has 1 saturated heterocycles. The summed E-state index contributed by atoms with van der Waals surface area (Å²) in [6.45, 7) is 7.56. The number of anilines is 2. The monoisotopic (exact) mass is 593 g/mol. The standard InChI is InChI=1S/C28H38F3N7O2S/c1-18(32)21-16-33-12-4-5-19-15-26(2,3)37(17-19)24-20(25(39)36-41-21)6-7-22(34-24)38-13-8-23(35-38)40-14-11-27(9-10-27)28(29,30)31/h6-8,13,16,19,23,35H,4-5,9-12,14-15,17,32H2,1-3H3,(H,36,39). The maximum Gasteiger partial charge on any atom is 0.394 e. The number of halogens is 3. The Hall–Kier alpha value is -2.77. The van der Waals surface area contributed by atoms with Gasteiger partial charge in [0.05, 0.1) is 15.9 Å². The SMILES string of the molecule is CC(N)=C1C=NCCCC2CN(c3nc(N4C=CC(OCCC5(C(F)(F)F)CC5)N4)ccc3C(=O)NS1)C(C)(C)C2. The molecule has 1 saturated carbocycles. The number of amides is 1. The zero-order valence-electron chi connectivity index (χ0n) is 23.6. The fourth-order valence-electron chi connectivity index (χ4n) is 5.72. The Kier molecular flexibility index (Phi) is 8.32. The number of hydrogen-bond acceptors (Lipinski definition) is 9. The topological polar surface area (TPSA) is 108 Å². The lowest BCUT2D eigenvalue weighted by Crippen LogP contribution is -2.41. The predicted octanol–water partition coefficient (Wildman–Crippen LogP) is 5.03. The molecule has 4 heterocycles. The van der Waals surface area contributed by atoms with E-state index in [4.69, 9.17) is 15.5 Å². The van der Waals surface area contributed by atoms with Crippen molar-refractivity contribution in [1.29, 1.82) is 0 Å². The van der Waals surface area contributed by atoms with Gasteiger partial charge < -0.3 is 15.4 Å². The highest BCUT2D eigenvalue weighted by molar-refractivity contribution is 8.02. The maximum absolute atomic E-state index is 13.4. The number of fused-ring (bicyclic) bond motifs is 4. The van der Waals surface area contributed by atoms with E-state index in [9.17, 15) is 18.0 Å². The Bertz CT molecular complexity index is 1240. The van der Waals surface area contributed by atoms with E-state index in [1.807, 2.05) is 0 Å². The molecule has 41 heavy (non-hydrogen) atoms. The Morgan fingerprint density at radius 3 is 2.78 bits per heavy atom. The van der Waals surface area contributed by atoms with Crippen LogP contribution in [0.3, 0.4) is 0 Å². The highest BCUT2D eigenvalue weighted by Gasteiger charge is 2.62. The predicted molar refractivity (Wildman–Crippen MR) is 155 cm³/mol. The molecule has 1 aliphatic carbocycles. The van der Waals surface area contributed by atoms with Gasteiger partial charge in [-0.15, -0.1) is 0 Å². The second-order valence-corrected chi connectivity index (χ2v) is 12.8. The van der Waals surface area contributed by atoms with Crippen LogP contribution in [-0.4, -0.2) is 54.7 Å². The highest BCUT2D eigenvalue weighted by Crippen LogP contribution is 2.59. The molecule has 1 aromatic rings. The minimum Gasteiger partial charge on any atom is -0.401 e. The lowest BCUT2D eigenvalue weighted by atomic mass is 9.93. The summed E-state index contributed by atoms with van der Waals surface area (Å²) >= 11 is 1.13. The van der Waals surface area contributed by atoms with Gasteiger partial charge in [0.2, 0.25) is 0 Å². The number of rotatable bonds is 5. The Balaban J connectivity index is 1.34. The molecule has 13 heteroatoms. The van der Waals surface area contributed by atoms with Crippen LogP contribution in [0.5, 0.6) is 0 Å². The van der Waals surface area contributed by atoms with Crippen molar-refractivity contribution in [2.24, 2.45) is 22.1 Å². The number of hydrazine groups is 1. The molecule has 4 aliphatic rings. The summed E-state index contributed by atoms with van der Waals surface area (Å²) in [5, 5.41) is 1.68. The van der Waals surface area contributed by atoms with Crippen LogP contribution in [-0.2, 0) is 4.74 Å². The Morgan fingerprint density at radius 1 is 1.29 bits per heavy atom. The van der Waals surface area contributed by atoms with Gasteiger partial charge in [-0.3, -0.25) is 19.5 Å². The summed E-state index contributed by atoms with van der Waals surface area (Å²) in [4.78, 5) is 25.8. The number of ether oxygens (including phenoxy) is 1. The third-order valence-electron chi connectivity index (χ3n) is 8.33. The molecule has 2 atom stereocenters. The van der Waals surface area contributed by atoms with Gasteiger partial charge in [-0.1, -0.05) is 0 Å². The number of nitrogens with zero attached hydrogens (tertiary/aromatic N) is 4. The zero-order valence-corrected chi connectivity index (χ0v) is 24.4. The van der Waals surface area contributed by atoms with Crippen LogP contribution >= 0.6 is 11.9 Å². The number of aromatic nitrogens is 1. The number of hydrogen-bond donors (Lipinski definition) is 3. The first-order valence-electron chi connectivity index (χ1n) is 14.0. The minimum absolute atomic E-state index is 0.00240. The van der Waals surface area contributed by atoms with Crippen LogP contribution in [0.1, 0.15) is 69.7 Å². The molecule has 2 fully saturated rings. The smallest absolute Gasteiger partial charge is 0.394 e. The van der Waals surface area contributed by atoms with E-state index in [2.05, 4.69) is 33.9 Å². The quantitative estimate of drug-likeness (QED) is 0.408. The van der Waals surface area contributed by atoms with E-state index >= 15 is 0 Å². The second kappa shape index (κ2) is 11.5. The summed E-state index contributed by atoms with van der Waals surface area (Å²) in [6.07, 6.45) is 3.63. The average Bonchev–Trinajstić information content (AvgIpc) is 3.45. The molecular weight excluding hydrogens is 555 g/mol. The molecule has 0 aromatic carbocycles. The highest BCUT2D eigenvalue weighted by atomic mass is 32.2. The molecule has 3 aliphatic heterocycles. The fraction of sp³-hybridized carbons (Fsp3) is 0.607. The average molecular weight is 594 g/mol. The molecule has 224 valence electrons. The number of nitrogens with one attached hydrogen (secondary N) is 2. The van der Waals surface area contributed by atoms with Crippen molar-refractivity contribution in [2.75, 3.05) is 29.6 Å². The molecule has 4 N–H and O–H groups in total.